The van der Waals surface area contributed by atoms with E-state index in [4.69, 9.17) is 11.6 Å². The van der Waals surface area contributed by atoms with E-state index >= 15 is 0 Å². The van der Waals surface area contributed by atoms with Crippen molar-refractivity contribution >= 4 is 11.6 Å². The van der Waals surface area contributed by atoms with Gasteiger partial charge in [-0.1, -0.05) is 16.8 Å². The molecule has 0 spiro atoms. The molecule has 2 rings (SSSR count). The molecular formula is C7H4ClN3O2. The van der Waals surface area contributed by atoms with Gasteiger partial charge < -0.3 is 9.63 Å². The molecule has 1 N–H and O–H groups in total. The highest BCUT2D eigenvalue weighted by Gasteiger charge is 2.09. The van der Waals surface area contributed by atoms with Gasteiger partial charge in [0, 0.05) is 6.07 Å². The van der Waals surface area contributed by atoms with Crippen LogP contribution in [0.3, 0.4) is 0 Å². The Bertz CT molecular complexity index is 416. The average Bonchev–Trinajstić information content (AvgIpc) is 2.56. The van der Waals surface area contributed by atoms with E-state index in [-0.39, 0.29) is 10.9 Å². The molecule has 0 aliphatic heterocycles. The van der Waals surface area contributed by atoms with Gasteiger partial charge in [0.25, 0.3) is 0 Å². The summed E-state index contributed by atoms with van der Waals surface area (Å²) in [7, 11) is 0. The van der Waals surface area contributed by atoms with Crippen molar-refractivity contribution in [3.8, 4) is 17.0 Å². The zero-order chi connectivity index (χ0) is 9.26. The van der Waals surface area contributed by atoms with Gasteiger partial charge in [-0.25, -0.2) is 0 Å². The quantitative estimate of drug-likeness (QED) is 0.750. The maximum absolute atomic E-state index is 9.41. The summed E-state index contributed by atoms with van der Waals surface area (Å²) in [5.41, 5.74) is 0.854. The smallest absolute Gasteiger partial charge is 0.155 e. The molecule has 0 fully saturated rings. The first-order valence-corrected chi connectivity index (χ1v) is 3.77. The van der Waals surface area contributed by atoms with Gasteiger partial charge in [0.1, 0.15) is 17.7 Å². The van der Waals surface area contributed by atoms with Crippen molar-refractivity contribution in [1.82, 2.24) is 15.4 Å². The molecule has 0 aliphatic carbocycles. The van der Waals surface area contributed by atoms with E-state index in [0.717, 1.165) is 0 Å². The first-order valence-electron chi connectivity index (χ1n) is 3.39. The number of aromatic nitrogens is 3. The molecule has 6 heteroatoms. The van der Waals surface area contributed by atoms with Crippen LogP contribution in [-0.4, -0.2) is 20.5 Å². The zero-order valence-electron chi connectivity index (χ0n) is 6.31. The number of aromatic hydroxyl groups is 1. The first kappa shape index (κ1) is 8.00. The van der Waals surface area contributed by atoms with Crippen molar-refractivity contribution in [2.45, 2.75) is 0 Å². The van der Waals surface area contributed by atoms with Crippen LogP contribution in [0.2, 0.25) is 5.15 Å². The average molecular weight is 198 g/mol. The molecule has 5 nitrogen and oxygen atoms in total. The monoisotopic (exact) mass is 197 g/mol. The van der Waals surface area contributed by atoms with Crippen LogP contribution in [0, 0.1) is 0 Å². The number of hydrogen-bond acceptors (Lipinski definition) is 5. The Balaban J connectivity index is 2.53. The topological polar surface area (TPSA) is 72.0 Å². The van der Waals surface area contributed by atoms with Crippen LogP contribution in [0.4, 0.5) is 0 Å². The van der Waals surface area contributed by atoms with E-state index in [9.17, 15) is 5.11 Å². The second-order valence-corrected chi connectivity index (χ2v) is 2.70. The van der Waals surface area contributed by atoms with E-state index in [2.05, 4.69) is 19.9 Å². The van der Waals surface area contributed by atoms with Crippen molar-refractivity contribution in [3.63, 3.8) is 0 Å². The van der Waals surface area contributed by atoms with Gasteiger partial charge in [-0.2, -0.15) is 0 Å². The third-order valence-corrected chi connectivity index (χ3v) is 1.63. The van der Waals surface area contributed by atoms with Gasteiger partial charge >= 0.3 is 0 Å². The summed E-state index contributed by atoms with van der Waals surface area (Å²) in [6, 6.07) is 1.30. The van der Waals surface area contributed by atoms with Crippen molar-refractivity contribution in [2.24, 2.45) is 0 Å². The summed E-state index contributed by atoms with van der Waals surface area (Å²) < 4.78 is 4.59. The lowest BCUT2D eigenvalue weighted by atomic mass is 10.2. The lowest BCUT2D eigenvalue weighted by Crippen LogP contribution is -1.87. The summed E-state index contributed by atoms with van der Waals surface area (Å²) in [5.74, 6) is -0.0526. The summed E-state index contributed by atoms with van der Waals surface area (Å²) >= 11 is 5.51. The Morgan fingerprint density at radius 1 is 1.38 bits per heavy atom. The molecule has 0 amide bonds. The lowest BCUT2D eigenvalue weighted by molar-refractivity contribution is 0.420. The fourth-order valence-electron chi connectivity index (χ4n) is 0.886. The zero-order valence-corrected chi connectivity index (χ0v) is 7.06. The molecule has 0 saturated heterocycles. The van der Waals surface area contributed by atoms with Crippen molar-refractivity contribution in [1.29, 1.82) is 0 Å². The highest BCUT2D eigenvalue weighted by atomic mass is 35.5. The van der Waals surface area contributed by atoms with Gasteiger partial charge in [0.05, 0.1) is 11.8 Å². The van der Waals surface area contributed by atoms with Crippen LogP contribution in [0.25, 0.3) is 11.3 Å². The molecule has 0 saturated carbocycles. The molecule has 0 aromatic carbocycles. The number of rotatable bonds is 1. The van der Waals surface area contributed by atoms with Gasteiger partial charge in [0.2, 0.25) is 0 Å². The van der Waals surface area contributed by atoms with Gasteiger partial charge in [0.15, 0.2) is 5.15 Å². The molecule has 2 aromatic heterocycles. The number of halogens is 1. The van der Waals surface area contributed by atoms with E-state index in [1.54, 1.807) is 0 Å². The Morgan fingerprint density at radius 2 is 2.23 bits per heavy atom. The van der Waals surface area contributed by atoms with Crippen LogP contribution in [0.5, 0.6) is 5.75 Å². The Hall–Kier alpha value is -1.62. The highest BCUT2D eigenvalue weighted by Crippen LogP contribution is 2.26. The minimum Gasteiger partial charge on any atom is -0.505 e. The van der Waals surface area contributed by atoms with Crippen molar-refractivity contribution in [2.75, 3.05) is 0 Å². The highest BCUT2D eigenvalue weighted by molar-refractivity contribution is 6.29. The Morgan fingerprint density at radius 3 is 2.85 bits per heavy atom. The predicted molar refractivity (Wildman–Crippen MR) is 44.2 cm³/mol. The Kier molecular flexibility index (Phi) is 1.86. The molecule has 2 aromatic rings. The second kappa shape index (κ2) is 3.02. The largest absolute Gasteiger partial charge is 0.505 e. The van der Waals surface area contributed by atoms with Gasteiger partial charge in [-0.3, -0.25) is 0 Å². The lowest BCUT2D eigenvalue weighted by Gasteiger charge is -1.97. The van der Waals surface area contributed by atoms with Gasteiger partial charge in [-0.05, 0) is 0 Å². The summed E-state index contributed by atoms with van der Waals surface area (Å²) in [4.78, 5) is 0. The van der Waals surface area contributed by atoms with Gasteiger partial charge in [-0.15, -0.1) is 10.2 Å². The minimum atomic E-state index is -0.0526. The SMILES string of the molecule is Oc1cc(Cl)nnc1-c1cnoc1. The standard InChI is InChI=1S/C7H4ClN3O2/c8-6-1-5(12)7(11-10-6)4-2-9-13-3-4/h1-3H,(H,10,12). The minimum absolute atomic E-state index is 0.0526. The molecule has 0 bridgehead atoms. The predicted octanol–water partition coefficient (Wildman–Crippen LogP) is 1.49. The Labute approximate surface area is 78.0 Å². The maximum atomic E-state index is 9.41. The van der Waals surface area contributed by atoms with E-state index in [1.165, 1.54) is 18.5 Å². The molecule has 0 radical (unpaired) electrons. The third-order valence-electron chi connectivity index (χ3n) is 1.45. The van der Waals surface area contributed by atoms with Crippen molar-refractivity contribution in [3.05, 3.63) is 23.7 Å². The van der Waals surface area contributed by atoms with E-state index < -0.39 is 0 Å². The molecule has 13 heavy (non-hydrogen) atoms. The normalized spacial score (nSPS) is 10.2. The van der Waals surface area contributed by atoms with E-state index in [1.807, 2.05) is 0 Å². The summed E-state index contributed by atoms with van der Waals surface area (Å²) in [5, 5.41) is 20.3. The molecule has 0 unspecified atom stereocenters. The third kappa shape index (κ3) is 1.46. The van der Waals surface area contributed by atoms with Crippen LogP contribution in [0.1, 0.15) is 0 Å². The summed E-state index contributed by atoms with van der Waals surface area (Å²) in [6.07, 6.45) is 2.79. The number of nitrogens with zero attached hydrogens (tertiary/aromatic N) is 3. The molecule has 66 valence electrons. The molecule has 0 aliphatic rings. The van der Waals surface area contributed by atoms with Crippen molar-refractivity contribution < 1.29 is 9.63 Å². The van der Waals surface area contributed by atoms with Crippen LogP contribution in [0.15, 0.2) is 23.0 Å². The van der Waals surface area contributed by atoms with E-state index in [0.29, 0.717) is 11.3 Å². The summed E-state index contributed by atoms with van der Waals surface area (Å²) in [6.45, 7) is 0. The maximum Gasteiger partial charge on any atom is 0.155 e. The van der Waals surface area contributed by atoms with Crippen LogP contribution in [-0.2, 0) is 0 Å². The first-order chi connectivity index (χ1) is 6.27. The second-order valence-electron chi connectivity index (χ2n) is 2.31. The molecule has 0 atom stereocenters. The van der Waals surface area contributed by atoms with Crippen LogP contribution < -0.4 is 0 Å². The van der Waals surface area contributed by atoms with Crippen LogP contribution >= 0.6 is 11.6 Å². The molecule has 2 heterocycles. The fraction of sp³-hybridized carbons (Fsp3) is 0. The molecular weight excluding hydrogens is 194 g/mol. The fourth-order valence-corrected chi connectivity index (χ4v) is 1.03. The number of hydrogen-bond donors (Lipinski definition) is 1.